The Kier molecular flexibility index (Phi) is 68.1. The van der Waals surface area contributed by atoms with E-state index in [2.05, 4.69) is 57.2 Å². The smallest absolute Gasteiger partial charge is 0.306 e. The summed E-state index contributed by atoms with van der Waals surface area (Å²) in [4.78, 5) is 38.5. The molecule has 0 saturated carbocycles. The van der Waals surface area contributed by atoms with Crippen LogP contribution in [0.15, 0.2) is 36.5 Å². The van der Waals surface area contributed by atoms with E-state index >= 15 is 0 Å². The van der Waals surface area contributed by atoms with E-state index in [1.807, 2.05) is 0 Å². The van der Waals surface area contributed by atoms with Crippen molar-refractivity contribution in [2.24, 2.45) is 0 Å². The second-order valence-electron chi connectivity index (χ2n) is 24.9. The van der Waals surface area contributed by atoms with Gasteiger partial charge in [0.25, 0.3) is 0 Å². The van der Waals surface area contributed by atoms with Crippen LogP contribution in [0, 0.1) is 0 Å². The first-order valence-electron chi connectivity index (χ1n) is 36.5. The molecule has 0 aliphatic rings. The van der Waals surface area contributed by atoms with Crippen molar-refractivity contribution in [3.63, 3.8) is 0 Å². The zero-order valence-electron chi connectivity index (χ0n) is 54.8. The molecule has 0 rings (SSSR count). The standard InChI is InChI=1S/C75H140O6/c1-4-7-10-13-16-19-22-25-27-29-31-33-35-36-37-38-40-41-43-45-47-50-53-56-59-62-65-68-74(77)80-71-72(70-79-73(76)67-64-61-58-55-52-49-24-21-18-15-12-9-6-3)81-75(78)69-66-63-60-57-54-51-48-46-44-42-39-34-32-30-28-26-23-20-17-14-11-8-5-2/h23,26,29-32,72H,4-22,24-25,27-28,33-71H2,1-3H3/b26-23-,31-29-,32-30-. The average molecular weight is 1140 g/mol. The molecule has 0 fully saturated rings. The first-order valence-corrected chi connectivity index (χ1v) is 36.5. The topological polar surface area (TPSA) is 78.9 Å². The minimum absolute atomic E-state index is 0.0672. The summed E-state index contributed by atoms with van der Waals surface area (Å²) < 4.78 is 17.0. The maximum atomic E-state index is 13.0. The molecule has 0 bridgehead atoms. The molecule has 0 aromatic carbocycles. The molecule has 0 amide bonds. The van der Waals surface area contributed by atoms with Gasteiger partial charge in [-0.05, 0) is 77.0 Å². The van der Waals surface area contributed by atoms with Crippen molar-refractivity contribution in [1.82, 2.24) is 0 Å². The van der Waals surface area contributed by atoms with Crippen molar-refractivity contribution < 1.29 is 28.6 Å². The number of allylic oxidation sites excluding steroid dienone is 6. The Morgan fingerprint density at radius 1 is 0.247 bits per heavy atom. The Morgan fingerprint density at radius 2 is 0.444 bits per heavy atom. The van der Waals surface area contributed by atoms with Crippen molar-refractivity contribution in [2.45, 2.75) is 412 Å². The molecular weight excluding hydrogens is 997 g/mol. The minimum Gasteiger partial charge on any atom is -0.462 e. The van der Waals surface area contributed by atoms with E-state index in [0.717, 1.165) is 64.2 Å². The number of esters is 3. The Balaban J connectivity index is 4.21. The molecule has 0 aromatic heterocycles. The summed E-state index contributed by atoms with van der Waals surface area (Å²) in [6, 6.07) is 0. The molecular formula is C75H140O6. The Bertz CT molecular complexity index is 1350. The Labute approximate surface area is 506 Å². The third-order valence-corrected chi connectivity index (χ3v) is 16.6. The van der Waals surface area contributed by atoms with Crippen molar-refractivity contribution in [3.8, 4) is 0 Å². The van der Waals surface area contributed by atoms with Crippen LogP contribution >= 0.6 is 0 Å². The van der Waals surface area contributed by atoms with Gasteiger partial charge in [0.15, 0.2) is 6.10 Å². The highest BCUT2D eigenvalue weighted by Crippen LogP contribution is 2.18. The quantitative estimate of drug-likeness (QED) is 0.0261. The fourth-order valence-corrected chi connectivity index (χ4v) is 11.1. The predicted molar refractivity (Wildman–Crippen MR) is 353 cm³/mol. The van der Waals surface area contributed by atoms with Gasteiger partial charge in [0.2, 0.25) is 0 Å². The van der Waals surface area contributed by atoms with E-state index in [-0.39, 0.29) is 31.1 Å². The number of hydrogen-bond acceptors (Lipinski definition) is 6. The van der Waals surface area contributed by atoms with Crippen molar-refractivity contribution in [2.75, 3.05) is 13.2 Å². The van der Waals surface area contributed by atoms with Gasteiger partial charge in [-0.25, -0.2) is 0 Å². The SMILES string of the molecule is CCCCCCC/C=C\C/C=C\CCCCCCCCCCCCCC(=O)OC(COC(=O)CCCCCCCCCCCCCCC)COC(=O)CCCCCCCCCCCCCCCCC/C=C\CCCCCCCCCC. The second kappa shape index (κ2) is 70.1. The molecule has 0 N–H and O–H groups in total. The number of ether oxygens (including phenoxy) is 3. The van der Waals surface area contributed by atoms with E-state index < -0.39 is 6.10 Å². The molecule has 0 radical (unpaired) electrons. The van der Waals surface area contributed by atoms with E-state index in [4.69, 9.17) is 14.2 Å². The molecule has 476 valence electrons. The van der Waals surface area contributed by atoms with E-state index in [0.29, 0.717) is 19.3 Å². The summed E-state index contributed by atoms with van der Waals surface area (Å²) >= 11 is 0. The molecule has 6 heteroatoms. The summed E-state index contributed by atoms with van der Waals surface area (Å²) in [5, 5.41) is 0. The zero-order valence-corrected chi connectivity index (χ0v) is 54.8. The minimum atomic E-state index is -0.771. The van der Waals surface area contributed by atoms with Crippen LogP contribution in [0.3, 0.4) is 0 Å². The fraction of sp³-hybridized carbons (Fsp3) is 0.880. The lowest BCUT2D eigenvalue weighted by atomic mass is 10.0. The summed E-state index contributed by atoms with van der Waals surface area (Å²) in [7, 11) is 0. The zero-order chi connectivity index (χ0) is 58.5. The van der Waals surface area contributed by atoms with Crippen LogP contribution in [0.2, 0.25) is 0 Å². The Morgan fingerprint density at radius 3 is 0.691 bits per heavy atom. The third kappa shape index (κ3) is 68.3. The molecule has 0 aliphatic carbocycles. The normalized spacial score (nSPS) is 12.2. The van der Waals surface area contributed by atoms with Gasteiger partial charge in [0, 0.05) is 19.3 Å². The van der Waals surface area contributed by atoms with Crippen LogP contribution in [-0.2, 0) is 28.6 Å². The molecule has 1 unspecified atom stereocenters. The predicted octanol–water partition coefficient (Wildman–Crippen LogP) is 25.1. The lowest BCUT2D eigenvalue weighted by Crippen LogP contribution is -2.30. The number of carbonyl (C=O) groups excluding carboxylic acids is 3. The van der Waals surface area contributed by atoms with Gasteiger partial charge in [-0.15, -0.1) is 0 Å². The number of unbranched alkanes of at least 4 members (excludes halogenated alkanes) is 51. The van der Waals surface area contributed by atoms with Crippen LogP contribution in [0.25, 0.3) is 0 Å². The van der Waals surface area contributed by atoms with E-state index in [9.17, 15) is 14.4 Å². The molecule has 0 heterocycles. The monoisotopic (exact) mass is 1140 g/mol. The van der Waals surface area contributed by atoms with Gasteiger partial charge >= 0.3 is 17.9 Å². The number of carbonyl (C=O) groups is 3. The van der Waals surface area contributed by atoms with Gasteiger partial charge in [-0.2, -0.15) is 0 Å². The van der Waals surface area contributed by atoms with E-state index in [1.54, 1.807) is 0 Å². The first kappa shape index (κ1) is 78.6. The van der Waals surface area contributed by atoms with Gasteiger partial charge in [0.1, 0.15) is 13.2 Å². The fourth-order valence-electron chi connectivity index (χ4n) is 11.1. The van der Waals surface area contributed by atoms with Crippen molar-refractivity contribution in [3.05, 3.63) is 36.5 Å². The highest BCUT2D eigenvalue weighted by atomic mass is 16.6. The lowest BCUT2D eigenvalue weighted by Gasteiger charge is -2.18. The third-order valence-electron chi connectivity index (χ3n) is 16.6. The van der Waals surface area contributed by atoms with Crippen LogP contribution in [0.5, 0.6) is 0 Å². The maximum absolute atomic E-state index is 13.0. The van der Waals surface area contributed by atoms with Crippen LogP contribution in [0.4, 0.5) is 0 Å². The summed E-state index contributed by atoms with van der Waals surface area (Å²) in [6.45, 7) is 6.70. The first-order chi connectivity index (χ1) is 40.0. The van der Waals surface area contributed by atoms with E-state index in [1.165, 1.54) is 302 Å². The molecule has 1 atom stereocenters. The van der Waals surface area contributed by atoms with Crippen LogP contribution in [0.1, 0.15) is 406 Å². The highest BCUT2D eigenvalue weighted by Gasteiger charge is 2.19. The molecule has 81 heavy (non-hydrogen) atoms. The molecule has 0 spiro atoms. The highest BCUT2D eigenvalue weighted by molar-refractivity contribution is 5.71. The molecule has 0 aliphatic heterocycles. The summed E-state index contributed by atoms with van der Waals surface area (Å²) in [5.74, 6) is -0.839. The van der Waals surface area contributed by atoms with Crippen molar-refractivity contribution in [1.29, 1.82) is 0 Å². The maximum Gasteiger partial charge on any atom is 0.306 e. The van der Waals surface area contributed by atoms with Gasteiger partial charge in [0.05, 0.1) is 0 Å². The van der Waals surface area contributed by atoms with Gasteiger partial charge in [-0.1, -0.05) is 346 Å². The second-order valence-corrected chi connectivity index (χ2v) is 24.9. The van der Waals surface area contributed by atoms with Gasteiger partial charge < -0.3 is 14.2 Å². The summed E-state index contributed by atoms with van der Waals surface area (Å²) in [5.41, 5.74) is 0. The largest absolute Gasteiger partial charge is 0.462 e. The van der Waals surface area contributed by atoms with Crippen LogP contribution in [-0.4, -0.2) is 37.2 Å². The lowest BCUT2D eigenvalue weighted by molar-refractivity contribution is -0.167. The average Bonchev–Trinajstić information content (AvgIpc) is 3.46. The molecule has 6 nitrogen and oxygen atoms in total. The Hall–Kier alpha value is -2.37. The summed E-state index contributed by atoms with van der Waals surface area (Å²) in [6.07, 6.45) is 87.5. The molecule has 0 saturated heterocycles. The number of rotatable bonds is 68. The van der Waals surface area contributed by atoms with Crippen molar-refractivity contribution >= 4 is 17.9 Å². The molecule has 0 aromatic rings. The van der Waals surface area contributed by atoms with Crippen LogP contribution < -0.4 is 0 Å². The van der Waals surface area contributed by atoms with Gasteiger partial charge in [-0.3, -0.25) is 14.4 Å². The number of hydrogen-bond donors (Lipinski definition) is 0.